The predicted molar refractivity (Wildman–Crippen MR) is 73.3 cm³/mol. The van der Waals surface area contributed by atoms with E-state index in [1.807, 2.05) is 21.5 Å². The van der Waals surface area contributed by atoms with Crippen molar-refractivity contribution in [3.05, 3.63) is 17.0 Å². The lowest BCUT2D eigenvalue weighted by Crippen LogP contribution is -2.16. The van der Waals surface area contributed by atoms with Crippen LogP contribution in [0.3, 0.4) is 0 Å². The van der Waals surface area contributed by atoms with Crippen molar-refractivity contribution >= 4 is 12.2 Å². The first-order valence-electron chi connectivity index (χ1n) is 6.58. The average Bonchev–Trinajstić information content (AvgIpc) is 3.12. The molecule has 0 amide bonds. The van der Waals surface area contributed by atoms with E-state index in [9.17, 15) is 0 Å². The van der Waals surface area contributed by atoms with E-state index < -0.39 is 0 Å². The number of rotatable bonds is 4. The minimum absolute atomic E-state index is 0.233. The van der Waals surface area contributed by atoms with E-state index in [4.69, 9.17) is 17.0 Å². The molecule has 0 aliphatic carbocycles. The van der Waals surface area contributed by atoms with E-state index in [0.29, 0.717) is 4.77 Å². The van der Waals surface area contributed by atoms with Crippen LogP contribution in [0.5, 0.6) is 0 Å². The Morgan fingerprint density at radius 2 is 2.47 bits per heavy atom. The van der Waals surface area contributed by atoms with E-state index in [1.54, 1.807) is 0 Å². The maximum absolute atomic E-state index is 5.66. The van der Waals surface area contributed by atoms with Gasteiger partial charge in [-0.15, -0.1) is 0 Å². The molecule has 3 heterocycles. The highest BCUT2D eigenvalue weighted by Crippen LogP contribution is 2.19. The Labute approximate surface area is 116 Å². The quantitative estimate of drug-likeness (QED) is 0.870. The molecule has 1 fully saturated rings. The number of hydrogen-bond donors (Lipinski definition) is 1. The first-order valence-corrected chi connectivity index (χ1v) is 6.99. The zero-order valence-electron chi connectivity index (χ0n) is 10.9. The molecule has 1 aliphatic rings. The number of ether oxygens (including phenoxy) is 1. The van der Waals surface area contributed by atoms with Crippen LogP contribution in [0, 0.1) is 4.77 Å². The molecule has 0 aromatic carbocycles. The Hall–Kier alpha value is -1.47. The van der Waals surface area contributed by atoms with Crippen molar-refractivity contribution in [2.24, 2.45) is 0 Å². The molecule has 7 heteroatoms. The number of hydrogen-bond acceptors (Lipinski definition) is 4. The van der Waals surface area contributed by atoms with E-state index >= 15 is 0 Å². The molecule has 1 saturated heterocycles. The van der Waals surface area contributed by atoms with Gasteiger partial charge >= 0.3 is 0 Å². The van der Waals surface area contributed by atoms with Gasteiger partial charge in [0.25, 0.3) is 0 Å². The largest absolute Gasteiger partial charge is 0.376 e. The van der Waals surface area contributed by atoms with Crippen LogP contribution >= 0.6 is 12.2 Å². The number of aryl methyl sites for hydroxylation is 1. The fraction of sp³-hybridized carbons (Fsp3) is 0.583. The van der Waals surface area contributed by atoms with Crippen LogP contribution in [0.25, 0.3) is 11.5 Å². The Bertz CT molecular complexity index is 608. The Balaban J connectivity index is 1.90. The third-order valence-electron chi connectivity index (χ3n) is 3.36. The fourth-order valence-corrected chi connectivity index (χ4v) is 2.54. The van der Waals surface area contributed by atoms with E-state index in [-0.39, 0.29) is 6.10 Å². The SMILES string of the molecule is CCn1ccc(-c2n[nH]c(=S)n2C[C@@H]2CCCO2)n1. The number of aromatic amines is 1. The third kappa shape index (κ3) is 2.48. The average molecular weight is 279 g/mol. The van der Waals surface area contributed by atoms with Crippen LogP contribution in [0.4, 0.5) is 0 Å². The number of H-pyrrole nitrogens is 1. The third-order valence-corrected chi connectivity index (χ3v) is 3.67. The predicted octanol–water partition coefficient (Wildman–Crippen LogP) is 2.00. The van der Waals surface area contributed by atoms with Crippen molar-refractivity contribution < 1.29 is 4.74 Å². The van der Waals surface area contributed by atoms with Crippen LogP contribution in [0.2, 0.25) is 0 Å². The number of aromatic nitrogens is 5. The highest BCUT2D eigenvalue weighted by molar-refractivity contribution is 7.71. The van der Waals surface area contributed by atoms with Crippen molar-refractivity contribution in [3.8, 4) is 11.5 Å². The summed E-state index contributed by atoms with van der Waals surface area (Å²) in [6, 6.07) is 1.96. The van der Waals surface area contributed by atoms with E-state index in [0.717, 1.165) is 44.1 Å². The smallest absolute Gasteiger partial charge is 0.195 e. The summed E-state index contributed by atoms with van der Waals surface area (Å²) >= 11 is 5.30. The standard InChI is InChI=1S/C12H17N5OS/c1-2-16-6-5-10(15-16)11-13-14-12(19)17(11)8-9-4-3-7-18-9/h5-6,9H,2-4,7-8H2,1H3,(H,14,19)/t9-/m0/s1. The Morgan fingerprint density at radius 1 is 1.58 bits per heavy atom. The summed E-state index contributed by atoms with van der Waals surface area (Å²) in [7, 11) is 0. The van der Waals surface area contributed by atoms with Gasteiger partial charge < -0.3 is 4.74 Å². The van der Waals surface area contributed by atoms with Crippen molar-refractivity contribution in [1.82, 2.24) is 24.5 Å². The Morgan fingerprint density at radius 3 is 3.16 bits per heavy atom. The highest BCUT2D eigenvalue weighted by atomic mass is 32.1. The van der Waals surface area contributed by atoms with Gasteiger partial charge in [-0.3, -0.25) is 14.3 Å². The van der Waals surface area contributed by atoms with Gasteiger partial charge in [-0.2, -0.15) is 10.2 Å². The monoisotopic (exact) mass is 279 g/mol. The summed E-state index contributed by atoms with van der Waals surface area (Å²) < 4.78 is 10.1. The van der Waals surface area contributed by atoms with Crippen molar-refractivity contribution in [1.29, 1.82) is 0 Å². The first kappa shape index (κ1) is 12.6. The second-order valence-electron chi connectivity index (χ2n) is 4.65. The number of nitrogens with one attached hydrogen (secondary N) is 1. The molecule has 0 unspecified atom stereocenters. The molecule has 3 rings (SSSR count). The van der Waals surface area contributed by atoms with Crippen molar-refractivity contribution in [2.75, 3.05) is 6.61 Å². The topological polar surface area (TPSA) is 60.7 Å². The van der Waals surface area contributed by atoms with Gasteiger partial charge in [0.05, 0.1) is 12.6 Å². The highest BCUT2D eigenvalue weighted by Gasteiger charge is 2.19. The van der Waals surface area contributed by atoms with Gasteiger partial charge in [-0.25, -0.2) is 0 Å². The second kappa shape index (κ2) is 5.26. The molecule has 0 saturated carbocycles. The Kier molecular flexibility index (Phi) is 3.48. The normalized spacial score (nSPS) is 19.1. The van der Waals surface area contributed by atoms with Gasteiger partial charge in [0.2, 0.25) is 0 Å². The molecule has 102 valence electrons. The molecule has 0 radical (unpaired) electrons. The van der Waals surface area contributed by atoms with Gasteiger partial charge in [0.15, 0.2) is 10.6 Å². The van der Waals surface area contributed by atoms with Gasteiger partial charge in [0, 0.05) is 19.3 Å². The lowest BCUT2D eigenvalue weighted by Gasteiger charge is -2.11. The van der Waals surface area contributed by atoms with Crippen LogP contribution in [-0.2, 0) is 17.8 Å². The maximum atomic E-state index is 5.66. The zero-order chi connectivity index (χ0) is 13.2. The second-order valence-corrected chi connectivity index (χ2v) is 5.04. The summed E-state index contributed by atoms with van der Waals surface area (Å²) in [4.78, 5) is 0. The summed E-state index contributed by atoms with van der Waals surface area (Å²) in [5.41, 5.74) is 0.840. The minimum Gasteiger partial charge on any atom is -0.376 e. The van der Waals surface area contributed by atoms with Crippen molar-refractivity contribution in [2.45, 2.75) is 39.0 Å². The van der Waals surface area contributed by atoms with Crippen LogP contribution in [0.15, 0.2) is 12.3 Å². The molecule has 2 aromatic heterocycles. The first-order chi connectivity index (χ1) is 9.28. The van der Waals surface area contributed by atoms with Gasteiger partial charge in [0.1, 0.15) is 5.69 Å². The van der Waals surface area contributed by atoms with Crippen LogP contribution < -0.4 is 0 Å². The molecule has 19 heavy (non-hydrogen) atoms. The molecule has 2 aromatic rings. The lowest BCUT2D eigenvalue weighted by molar-refractivity contribution is 0.0969. The molecule has 1 atom stereocenters. The summed E-state index contributed by atoms with van der Waals surface area (Å²) in [6.07, 6.45) is 4.38. The molecular formula is C12H17N5OS. The van der Waals surface area contributed by atoms with Crippen molar-refractivity contribution in [3.63, 3.8) is 0 Å². The van der Waals surface area contributed by atoms with Crippen LogP contribution in [0.1, 0.15) is 19.8 Å². The fourth-order valence-electron chi connectivity index (χ4n) is 2.33. The van der Waals surface area contributed by atoms with Crippen LogP contribution in [-0.4, -0.2) is 37.3 Å². The molecule has 1 aliphatic heterocycles. The molecule has 0 spiro atoms. The minimum atomic E-state index is 0.233. The van der Waals surface area contributed by atoms with Gasteiger partial charge in [-0.1, -0.05) is 0 Å². The summed E-state index contributed by atoms with van der Waals surface area (Å²) in [5, 5.41) is 11.6. The van der Waals surface area contributed by atoms with E-state index in [2.05, 4.69) is 22.2 Å². The van der Waals surface area contributed by atoms with Gasteiger partial charge in [-0.05, 0) is 38.0 Å². The molecule has 0 bridgehead atoms. The summed E-state index contributed by atoms with van der Waals surface area (Å²) in [6.45, 7) is 4.48. The van der Waals surface area contributed by atoms with E-state index in [1.165, 1.54) is 0 Å². The number of nitrogens with zero attached hydrogens (tertiary/aromatic N) is 4. The summed E-state index contributed by atoms with van der Waals surface area (Å²) in [5.74, 6) is 0.785. The zero-order valence-corrected chi connectivity index (χ0v) is 11.7. The maximum Gasteiger partial charge on any atom is 0.195 e. The molecular weight excluding hydrogens is 262 g/mol. The lowest BCUT2D eigenvalue weighted by atomic mass is 10.2. The molecule has 1 N–H and O–H groups in total. The molecule has 6 nitrogen and oxygen atoms in total.